The monoisotopic (exact) mass is 524 g/mol. The minimum absolute atomic E-state index is 0. The molecule has 2 aromatic rings. The molecule has 1 aromatic heterocycles. The van der Waals surface area contributed by atoms with Gasteiger partial charge in [-0.1, -0.05) is 43.2 Å². The third-order valence-corrected chi connectivity index (χ3v) is 5.46. The highest BCUT2D eigenvalue weighted by atomic mass is 127. The van der Waals surface area contributed by atoms with E-state index in [0.717, 1.165) is 49.3 Å². The van der Waals surface area contributed by atoms with E-state index in [1.54, 1.807) is 4.90 Å². The van der Waals surface area contributed by atoms with Crippen molar-refractivity contribution in [1.82, 2.24) is 25.5 Å². The average Bonchev–Trinajstić information content (AvgIpc) is 3.40. The Morgan fingerprint density at radius 3 is 2.53 bits per heavy atom. The van der Waals surface area contributed by atoms with E-state index in [-0.39, 0.29) is 35.3 Å². The smallest absolute Gasteiger partial charge is 0.230 e. The van der Waals surface area contributed by atoms with Gasteiger partial charge in [-0.15, -0.1) is 24.0 Å². The van der Waals surface area contributed by atoms with Gasteiger partial charge in [0.15, 0.2) is 5.96 Å². The van der Waals surface area contributed by atoms with Crippen molar-refractivity contribution in [3.05, 3.63) is 42.4 Å². The molecule has 0 unspecified atom stereocenters. The third-order valence-electron chi connectivity index (χ3n) is 5.46. The molecule has 1 aliphatic rings. The quantitative estimate of drug-likeness (QED) is 0.295. The summed E-state index contributed by atoms with van der Waals surface area (Å²) in [4.78, 5) is 26.9. The number of aromatic amines is 1. The van der Waals surface area contributed by atoms with Crippen LogP contribution in [0.25, 0.3) is 11.3 Å². The van der Waals surface area contributed by atoms with Crippen LogP contribution in [0.3, 0.4) is 0 Å². The van der Waals surface area contributed by atoms with Crippen LogP contribution in [0.2, 0.25) is 0 Å². The largest absolute Gasteiger partial charge is 0.357 e. The number of hydrogen-bond acceptors (Lipinski definition) is 3. The predicted octanol–water partition coefficient (Wildman–Crippen LogP) is 3.40. The third kappa shape index (κ3) is 5.96. The number of nitrogens with one attached hydrogen (secondary N) is 3. The maximum absolute atomic E-state index is 12.8. The summed E-state index contributed by atoms with van der Waals surface area (Å²) in [5.41, 5.74) is 1.76. The molecule has 1 amide bonds. The van der Waals surface area contributed by atoms with Crippen molar-refractivity contribution in [1.29, 1.82) is 0 Å². The molecular formula is C22H33IN6O. The molecule has 0 bridgehead atoms. The first kappa shape index (κ1) is 24.2. The number of aromatic nitrogens is 2. The van der Waals surface area contributed by atoms with Crippen LogP contribution in [0.15, 0.2) is 41.5 Å². The second kappa shape index (κ2) is 11.3. The zero-order valence-corrected chi connectivity index (χ0v) is 20.4. The van der Waals surface area contributed by atoms with E-state index < -0.39 is 0 Å². The maximum Gasteiger partial charge on any atom is 0.230 e. The highest BCUT2D eigenvalue weighted by Gasteiger charge is 2.42. The van der Waals surface area contributed by atoms with Gasteiger partial charge in [0.1, 0.15) is 12.4 Å². The molecule has 3 N–H and O–H groups in total. The molecule has 30 heavy (non-hydrogen) atoms. The molecule has 3 rings (SSSR count). The van der Waals surface area contributed by atoms with Crippen LogP contribution in [0.1, 0.15) is 38.4 Å². The number of carbonyl (C=O) groups excluding carboxylic acids is 1. The lowest BCUT2D eigenvalue weighted by Gasteiger charge is -2.31. The number of halogens is 1. The van der Waals surface area contributed by atoms with E-state index in [0.29, 0.717) is 19.0 Å². The number of H-pyrrole nitrogens is 1. The fourth-order valence-electron chi connectivity index (χ4n) is 3.95. The number of aliphatic imine (C=N–C) groups is 1. The van der Waals surface area contributed by atoms with Crippen molar-refractivity contribution in [2.45, 2.75) is 39.2 Å². The summed E-state index contributed by atoms with van der Waals surface area (Å²) < 4.78 is 0. The predicted molar refractivity (Wildman–Crippen MR) is 132 cm³/mol. The first-order chi connectivity index (χ1) is 14.0. The van der Waals surface area contributed by atoms with Gasteiger partial charge in [0.25, 0.3) is 0 Å². The van der Waals surface area contributed by atoms with Gasteiger partial charge in [-0.05, 0) is 25.3 Å². The number of nitrogens with zero attached hydrogens (tertiary/aromatic N) is 3. The molecule has 0 aliphatic heterocycles. The second-order valence-electron chi connectivity index (χ2n) is 7.85. The van der Waals surface area contributed by atoms with Crippen molar-refractivity contribution in [2.24, 2.45) is 10.4 Å². The summed E-state index contributed by atoms with van der Waals surface area (Å²) >= 11 is 0. The van der Waals surface area contributed by atoms with Crippen LogP contribution in [0.4, 0.5) is 0 Å². The van der Waals surface area contributed by atoms with Gasteiger partial charge in [-0.3, -0.25) is 4.79 Å². The number of carbonyl (C=O) groups is 1. The van der Waals surface area contributed by atoms with Crippen LogP contribution < -0.4 is 10.6 Å². The minimum atomic E-state index is -0.329. The fourth-order valence-corrected chi connectivity index (χ4v) is 3.95. The van der Waals surface area contributed by atoms with Gasteiger partial charge in [0.05, 0.1) is 17.3 Å². The first-order valence-electron chi connectivity index (χ1n) is 10.4. The lowest BCUT2D eigenvalue weighted by atomic mass is 9.84. The molecule has 8 heteroatoms. The summed E-state index contributed by atoms with van der Waals surface area (Å²) in [5, 5.41) is 6.67. The summed E-state index contributed by atoms with van der Waals surface area (Å²) in [6.07, 6.45) is 5.89. The van der Waals surface area contributed by atoms with E-state index in [1.165, 1.54) is 0 Å². The molecule has 164 valence electrons. The Kier molecular flexibility index (Phi) is 9.13. The molecule has 1 fully saturated rings. The standard InChI is InChI=1S/C22H32N6O.HI/c1-4-23-21(26-16-22(12-8-9-13-22)20(29)28(2)3)25-15-19-24-14-18(27-19)17-10-6-5-7-11-17;/h5-7,10-11,14H,4,8-9,12-13,15-16H2,1-3H3,(H,24,27)(H2,23,25,26);1H. The van der Waals surface area contributed by atoms with Crippen LogP contribution in [0, 0.1) is 5.41 Å². The molecule has 1 aliphatic carbocycles. The van der Waals surface area contributed by atoms with E-state index in [9.17, 15) is 4.79 Å². The Morgan fingerprint density at radius 2 is 1.90 bits per heavy atom. The van der Waals surface area contributed by atoms with Crippen molar-refractivity contribution < 1.29 is 4.79 Å². The Balaban J connectivity index is 0.00000320. The zero-order chi connectivity index (χ0) is 20.7. The summed E-state index contributed by atoms with van der Waals surface area (Å²) in [7, 11) is 3.67. The average molecular weight is 524 g/mol. The van der Waals surface area contributed by atoms with Gasteiger partial charge in [0, 0.05) is 27.2 Å². The van der Waals surface area contributed by atoms with Crippen molar-refractivity contribution in [3.63, 3.8) is 0 Å². The normalized spacial score (nSPS) is 15.4. The topological polar surface area (TPSA) is 85.4 Å². The fraction of sp³-hybridized carbons (Fsp3) is 0.500. The summed E-state index contributed by atoms with van der Waals surface area (Å²) in [6, 6.07) is 10.1. The summed E-state index contributed by atoms with van der Waals surface area (Å²) in [6.45, 7) is 3.84. The lowest BCUT2D eigenvalue weighted by molar-refractivity contribution is -0.138. The van der Waals surface area contributed by atoms with Gasteiger partial charge in [-0.25, -0.2) is 9.98 Å². The SMILES string of the molecule is CCNC(=NCc1ncc(-c2ccccc2)[nH]1)NCC1(C(=O)N(C)C)CCCC1.I. The molecule has 0 saturated heterocycles. The van der Waals surface area contributed by atoms with Crippen LogP contribution >= 0.6 is 24.0 Å². The van der Waals surface area contributed by atoms with Gasteiger partial charge >= 0.3 is 0 Å². The first-order valence-corrected chi connectivity index (χ1v) is 10.4. The van der Waals surface area contributed by atoms with Crippen LogP contribution in [-0.4, -0.2) is 53.9 Å². The van der Waals surface area contributed by atoms with E-state index in [2.05, 4.69) is 37.7 Å². The van der Waals surface area contributed by atoms with Crippen molar-refractivity contribution in [2.75, 3.05) is 27.2 Å². The molecule has 1 heterocycles. The van der Waals surface area contributed by atoms with Crippen molar-refractivity contribution >= 4 is 35.8 Å². The second-order valence-corrected chi connectivity index (χ2v) is 7.85. The highest BCUT2D eigenvalue weighted by Crippen LogP contribution is 2.38. The molecule has 0 radical (unpaired) electrons. The highest BCUT2D eigenvalue weighted by molar-refractivity contribution is 14.0. The minimum Gasteiger partial charge on any atom is -0.357 e. The Morgan fingerprint density at radius 1 is 1.20 bits per heavy atom. The Labute approximate surface area is 196 Å². The Bertz CT molecular complexity index is 827. The number of amides is 1. The molecule has 0 atom stereocenters. The van der Waals surface area contributed by atoms with Crippen molar-refractivity contribution in [3.8, 4) is 11.3 Å². The number of benzene rings is 1. The maximum atomic E-state index is 12.8. The molecule has 7 nitrogen and oxygen atoms in total. The lowest BCUT2D eigenvalue weighted by Crippen LogP contribution is -2.49. The zero-order valence-electron chi connectivity index (χ0n) is 18.1. The molecule has 1 saturated carbocycles. The van der Waals surface area contributed by atoms with E-state index >= 15 is 0 Å². The summed E-state index contributed by atoms with van der Waals surface area (Å²) in [5.74, 6) is 1.72. The van der Waals surface area contributed by atoms with E-state index in [4.69, 9.17) is 0 Å². The van der Waals surface area contributed by atoms with Crippen LogP contribution in [0.5, 0.6) is 0 Å². The molecule has 1 aromatic carbocycles. The number of guanidine groups is 1. The number of hydrogen-bond donors (Lipinski definition) is 3. The van der Waals surface area contributed by atoms with E-state index in [1.807, 2.05) is 45.4 Å². The Hall–Kier alpha value is -2.10. The number of rotatable bonds is 7. The number of imidazole rings is 1. The van der Waals surface area contributed by atoms with Gasteiger partial charge < -0.3 is 20.5 Å². The van der Waals surface area contributed by atoms with Gasteiger partial charge in [0.2, 0.25) is 5.91 Å². The molecule has 0 spiro atoms. The van der Waals surface area contributed by atoms with Crippen LogP contribution in [-0.2, 0) is 11.3 Å². The van der Waals surface area contributed by atoms with Gasteiger partial charge in [-0.2, -0.15) is 0 Å². The molecular weight excluding hydrogens is 491 g/mol.